The van der Waals surface area contributed by atoms with Gasteiger partial charge in [-0.1, -0.05) is 48.9 Å². The number of hydrogen-bond acceptors (Lipinski definition) is 5. The zero-order chi connectivity index (χ0) is 21.3. The second-order valence-corrected chi connectivity index (χ2v) is 9.10. The molecule has 1 aromatic carbocycles. The number of aromatic nitrogens is 3. The van der Waals surface area contributed by atoms with Crippen LogP contribution in [0.2, 0.25) is 5.02 Å². The van der Waals surface area contributed by atoms with Gasteiger partial charge in [0.15, 0.2) is 5.13 Å². The monoisotopic (exact) mass is 445 g/mol. The number of carbonyl (C=O) groups is 1. The fraction of sp³-hybridized carbons (Fsp3) is 0.409. The maximum atomic E-state index is 12.5. The highest BCUT2D eigenvalue weighted by Gasteiger charge is 2.16. The standard InChI is InChI=1S/C22H28ClN5OS/c1-17(2)7-11-28(15-18-5-3-6-19(23)13-18)22-26-14-20(30-22)21(29)25-8-4-10-27-12-9-24-16-27/h3,5-6,9,12-14,16-17H,4,7-8,10-11,15H2,1-2H3,(H,25,29). The van der Waals surface area contributed by atoms with Gasteiger partial charge in [0.1, 0.15) is 4.88 Å². The third kappa shape index (κ3) is 6.85. The summed E-state index contributed by atoms with van der Waals surface area (Å²) < 4.78 is 2.00. The van der Waals surface area contributed by atoms with Crippen LogP contribution >= 0.6 is 22.9 Å². The van der Waals surface area contributed by atoms with Crippen LogP contribution in [-0.4, -0.2) is 33.5 Å². The van der Waals surface area contributed by atoms with Gasteiger partial charge in [-0.2, -0.15) is 0 Å². The van der Waals surface area contributed by atoms with Crippen molar-refractivity contribution in [2.45, 2.75) is 39.8 Å². The molecule has 0 bridgehead atoms. The fourth-order valence-electron chi connectivity index (χ4n) is 3.00. The summed E-state index contributed by atoms with van der Waals surface area (Å²) in [4.78, 5) is 23.9. The summed E-state index contributed by atoms with van der Waals surface area (Å²) in [5.41, 5.74) is 1.13. The van der Waals surface area contributed by atoms with E-state index in [9.17, 15) is 4.79 Å². The van der Waals surface area contributed by atoms with E-state index in [1.165, 1.54) is 11.3 Å². The Morgan fingerprint density at radius 2 is 2.23 bits per heavy atom. The number of benzene rings is 1. The molecule has 3 rings (SSSR count). The summed E-state index contributed by atoms with van der Waals surface area (Å²) >= 11 is 7.59. The van der Waals surface area contributed by atoms with Gasteiger partial charge in [0.05, 0.1) is 12.5 Å². The number of nitrogens with zero attached hydrogens (tertiary/aromatic N) is 4. The quantitative estimate of drug-likeness (QED) is 0.428. The van der Waals surface area contributed by atoms with Gasteiger partial charge in [-0.15, -0.1) is 0 Å². The lowest BCUT2D eigenvalue weighted by molar-refractivity contribution is 0.0956. The van der Waals surface area contributed by atoms with Gasteiger partial charge >= 0.3 is 0 Å². The van der Waals surface area contributed by atoms with E-state index >= 15 is 0 Å². The van der Waals surface area contributed by atoms with Gasteiger partial charge in [-0.05, 0) is 36.5 Å². The van der Waals surface area contributed by atoms with Crippen molar-refractivity contribution in [3.63, 3.8) is 0 Å². The zero-order valence-electron chi connectivity index (χ0n) is 17.4. The van der Waals surface area contributed by atoms with Gasteiger partial charge < -0.3 is 14.8 Å². The number of anilines is 1. The maximum absolute atomic E-state index is 12.5. The summed E-state index contributed by atoms with van der Waals surface area (Å²) in [5, 5.41) is 4.57. The minimum Gasteiger partial charge on any atom is -0.351 e. The van der Waals surface area contributed by atoms with Crippen molar-refractivity contribution in [3.8, 4) is 0 Å². The van der Waals surface area contributed by atoms with Gasteiger partial charge in [0, 0.05) is 43.6 Å². The van der Waals surface area contributed by atoms with Crippen molar-refractivity contribution in [3.05, 3.63) is 64.6 Å². The Balaban J connectivity index is 1.59. The van der Waals surface area contributed by atoms with Crippen molar-refractivity contribution < 1.29 is 4.79 Å². The first-order valence-electron chi connectivity index (χ1n) is 10.2. The molecule has 1 amide bonds. The molecule has 0 aliphatic carbocycles. The number of thiazole rings is 1. The summed E-state index contributed by atoms with van der Waals surface area (Å²) in [7, 11) is 0. The highest BCUT2D eigenvalue weighted by molar-refractivity contribution is 7.17. The largest absolute Gasteiger partial charge is 0.351 e. The molecule has 0 spiro atoms. The van der Waals surface area contributed by atoms with Crippen LogP contribution in [0.3, 0.4) is 0 Å². The van der Waals surface area contributed by atoms with E-state index in [-0.39, 0.29) is 5.91 Å². The SMILES string of the molecule is CC(C)CCN(Cc1cccc(Cl)c1)c1ncc(C(=O)NCCCn2ccnc2)s1. The minimum atomic E-state index is -0.0732. The van der Waals surface area contributed by atoms with Gasteiger partial charge in [0.2, 0.25) is 0 Å². The Kier molecular flexibility index (Phi) is 8.28. The Bertz CT molecular complexity index is 925. The number of imidazole rings is 1. The first-order valence-corrected chi connectivity index (χ1v) is 11.4. The van der Waals surface area contributed by atoms with Crippen molar-refractivity contribution in [1.82, 2.24) is 19.9 Å². The number of hydrogen-bond donors (Lipinski definition) is 1. The van der Waals surface area contributed by atoms with Crippen LogP contribution in [0.25, 0.3) is 0 Å². The lowest BCUT2D eigenvalue weighted by Crippen LogP contribution is -2.25. The number of carbonyl (C=O) groups excluding carboxylic acids is 1. The number of halogens is 1. The third-order valence-electron chi connectivity index (χ3n) is 4.66. The zero-order valence-corrected chi connectivity index (χ0v) is 19.0. The Morgan fingerprint density at radius 3 is 2.97 bits per heavy atom. The molecule has 0 unspecified atom stereocenters. The fourth-order valence-corrected chi connectivity index (χ4v) is 4.07. The molecule has 0 saturated carbocycles. The average Bonchev–Trinajstić information content (AvgIpc) is 3.40. The normalized spacial score (nSPS) is 11.1. The summed E-state index contributed by atoms with van der Waals surface area (Å²) in [6.45, 7) is 7.46. The van der Waals surface area contributed by atoms with E-state index in [0.29, 0.717) is 23.9 Å². The summed E-state index contributed by atoms with van der Waals surface area (Å²) in [5.74, 6) is 0.515. The second kappa shape index (κ2) is 11.1. The second-order valence-electron chi connectivity index (χ2n) is 7.65. The summed E-state index contributed by atoms with van der Waals surface area (Å²) in [6.07, 6.45) is 9.03. The van der Waals surface area contributed by atoms with Crippen molar-refractivity contribution in [2.75, 3.05) is 18.0 Å². The molecule has 8 heteroatoms. The molecule has 1 N–H and O–H groups in total. The van der Waals surface area contributed by atoms with Crippen LogP contribution < -0.4 is 10.2 Å². The van der Waals surface area contributed by atoms with Crippen LogP contribution in [0.5, 0.6) is 0 Å². The van der Waals surface area contributed by atoms with Crippen molar-refractivity contribution in [1.29, 1.82) is 0 Å². The molecule has 0 aliphatic rings. The number of aryl methyl sites for hydroxylation is 1. The Morgan fingerprint density at radius 1 is 1.37 bits per heavy atom. The molecule has 30 heavy (non-hydrogen) atoms. The van der Waals surface area contributed by atoms with E-state index in [0.717, 1.165) is 41.6 Å². The molecule has 0 atom stereocenters. The molecule has 3 aromatic rings. The van der Waals surface area contributed by atoms with Crippen LogP contribution in [0, 0.1) is 5.92 Å². The molecule has 0 aliphatic heterocycles. The first-order chi connectivity index (χ1) is 14.5. The van der Waals surface area contributed by atoms with Crippen LogP contribution in [0.4, 0.5) is 5.13 Å². The average molecular weight is 446 g/mol. The predicted molar refractivity (Wildman–Crippen MR) is 123 cm³/mol. The lowest BCUT2D eigenvalue weighted by atomic mass is 10.1. The van der Waals surface area contributed by atoms with Crippen LogP contribution in [-0.2, 0) is 13.1 Å². The van der Waals surface area contributed by atoms with Crippen molar-refractivity contribution >= 4 is 34.0 Å². The van der Waals surface area contributed by atoms with E-state index in [4.69, 9.17) is 11.6 Å². The Labute approximate surface area is 186 Å². The highest BCUT2D eigenvalue weighted by Crippen LogP contribution is 2.25. The minimum absolute atomic E-state index is 0.0732. The molecule has 0 saturated heterocycles. The van der Waals surface area contributed by atoms with E-state index in [1.54, 1.807) is 18.7 Å². The molecular formula is C22H28ClN5OS. The highest BCUT2D eigenvalue weighted by atomic mass is 35.5. The van der Waals surface area contributed by atoms with E-state index < -0.39 is 0 Å². The van der Waals surface area contributed by atoms with E-state index in [1.807, 2.05) is 29.0 Å². The topological polar surface area (TPSA) is 63.1 Å². The molecule has 0 radical (unpaired) electrons. The van der Waals surface area contributed by atoms with Gasteiger partial charge in [-0.3, -0.25) is 4.79 Å². The molecule has 160 valence electrons. The third-order valence-corrected chi connectivity index (χ3v) is 5.96. The van der Waals surface area contributed by atoms with Crippen LogP contribution in [0.1, 0.15) is 41.9 Å². The smallest absolute Gasteiger partial charge is 0.263 e. The van der Waals surface area contributed by atoms with Crippen molar-refractivity contribution in [2.24, 2.45) is 5.92 Å². The first kappa shape index (κ1) is 22.3. The molecule has 6 nitrogen and oxygen atoms in total. The van der Waals surface area contributed by atoms with E-state index in [2.05, 4.69) is 40.1 Å². The molecular weight excluding hydrogens is 418 g/mol. The number of nitrogens with one attached hydrogen (secondary N) is 1. The molecule has 0 fully saturated rings. The van der Waals surface area contributed by atoms with Crippen LogP contribution in [0.15, 0.2) is 49.2 Å². The predicted octanol–water partition coefficient (Wildman–Crippen LogP) is 4.87. The summed E-state index contributed by atoms with van der Waals surface area (Å²) in [6, 6.07) is 7.88. The lowest BCUT2D eigenvalue weighted by Gasteiger charge is -2.23. The molecule has 2 aromatic heterocycles. The van der Waals surface area contributed by atoms with Gasteiger partial charge in [0.25, 0.3) is 5.91 Å². The molecule has 2 heterocycles. The maximum Gasteiger partial charge on any atom is 0.263 e. The number of amides is 1. The number of rotatable bonds is 11. The van der Waals surface area contributed by atoms with Gasteiger partial charge in [-0.25, -0.2) is 9.97 Å². The Hall–Kier alpha value is -2.38.